The van der Waals surface area contributed by atoms with E-state index in [4.69, 9.17) is 4.42 Å². The van der Waals surface area contributed by atoms with E-state index in [1.807, 2.05) is 30.3 Å². The molecule has 0 aliphatic heterocycles. The van der Waals surface area contributed by atoms with Crippen molar-refractivity contribution in [1.82, 2.24) is 5.32 Å². The van der Waals surface area contributed by atoms with Gasteiger partial charge in [0.25, 0.3) is 5.91 Å². The Hall–Kier alpha value is -3.91. The second-order valence-corrected chi connectivity index (χ2v) is 10.3. The summed E-state index contributed by atoms with van der Waals surface area (Å²) in [6.07, 6.45) is 4.16. The van der Waals surface area contributed by atoms with Crippen molar-refractivity contribution in [2.24, 2.45) is 0 Å². The van der Waals surface area contributed by atoms with Crippen LogP contribution in [-0.4, -0.2) is 34.2 Å². The topological polar surface area (TPSA) is 79.6 Å². The van der Waals surface area contributed by atoms with E-state index in [0.29, 0.717) is 46.2 Å². The van der Waals surface area contributed by atoms with Crippen LogP contribution in [0.1, 0.15) is 23.2 Å². The van der Waals surface area contributed by atoms with Gasteiger partial charge in [-0.2, -0.15) is 0 Å². The van der Waals surface area contributed by atoms with E-state index < -0.39 is 15.8 Å². The van der Waals surface area contributed by atoms with E-state index in [0.717, 1.165) is 5.56 Å². The Balaban J connectivity index is 2.04. The van der Waals surface area contributed by atoms with Gasteiger partial charge in [-0.05, 0) is 48.7 Å². The maximum Gasteiger partial charge on any atom is 0.255 e. The molecule has 1 N–H and O–H groups in total. The molecule has 0 radical (unpaired) electrons. The molecule has 4 aromatic rings. The van der Waals surface area contributed by atoms with Gasteiger partial charge in [0.15, 0.2) is 0 Å². The van der Waals surface area contributed by atoms with Crippen molar-refractivity contribution in [3.05, 3.63) is 90.8 Å². The molecule has 1 aromatic heterocycles. The summed E-state index contributed by atoms with van der Waals surface area (Å²) < 4.78 is 46.9. The van der Waals surface area contributed by atoms with Gasteiger partial charge in [0.05, 0.1) is 17.5 Å². The zero-order chi connectivity index (χ0) is 25.9. The summed E-state index contributed by atoms with van der Waals surface area (Å²) in [5, 5.41) is 3.17. The van der Waals surface area contributed by atoms with Crippen LogP contribution in [0.15, 0.2) is 83.8 Å². The molecule has 4 rings (SSSR count). The molecule has 0 aliphatic carbocycles. The Kier molecular flexibility index (Phi) is 7.26. The number of sulfonamides is 1. The number of fused-ring (bicyclic) bond motifs is 1. The van der Waals surface area contributed by atoms with Gasteiger partial charge in [-0.15, -0.1) is 6.58 Å². The number of halogens is 1. The third-order valence-corrected chi connectivity index (χ3v) is 7.07. The van der Waals surface area contributed by atoms with Crippen molar-refractivity contribution < 1.29 is 22.0 Å². The van der Waals surface area contributed by atoms with Crippen molar-refractivity contribution in [1.29, 1.82) is 0 Å². The Morgan fingerprint density at radius 2 is 1.78 bits per heavy atom. The molecule has 186 valence electrons. The normalized spacial score (nSPS) is 11.4. The molecule has 0 fully saturated rings. The number of nitrogens with one attached hydrogen (secondary N) is 1. The van der Waals surface area contributed by atoms with E-state index >= 15 is 0 Å². The highest BCUT2D eigenvalue weighted by atomic mass is 32.2. The minimum atomic E-state index is -3.64. The fourth-order valence-electron chi connectivity index (χ4n) is 4.19. The molecular weight excluding hydrogens is 479 g/mol. The van der Waals surface area contributed by atoms with Gasteiger partial charge in [-0.25, -0.2) is 12.8 Å². The largest absolute Gasteiger partial charge is 0.455 e. The van der Waals surface area contributed by atoms with Crippen molar-refractivity contribution in [3.8, 4) is 22.5 Å². The number of unbranched alkanes of at least 4 members (excludes halogenated alkanes) is 1. The van der Waals surface area contributed by atoms with Crippen LogP contribution < -0.4 is 9.62 Å². The second kappa shape index (κ2) is 10.4. The van der Waals surface area contributed by atoms with Gasteiger partial charge in [-0.1, -0.05) is 36.4 Å². The molecule has 36 heavy (non-hydrogen) atoms. The number of carbonyl (C=O) groups is 1. The number of carbonyl (C=O) groups excluding carboxylic acids is 1. The Labute approximate surface area is 210 Å². The third kappa shape index (κ3) is 5.04. The zero-order valence-corrected chi connectivity index (χ0v) is 20.9. The highest BCUT2D eigenvalue weighted by molar-refractivity contribution is 7.92. The van der Waals surface area contributed by atoms with Crippen LogP contribution in [0.4, 0.5) is 10.1 Å². The summed E-state index contributed by atoms with van der Waals surface area (Å²) in [5.74, 6) is -0.503. The van der Waals surface area contributed by atoms with Crippen LogP contribution in [0, 0.1) is 5.82 Å². The predicted octanol–water partition coefficient (Wildman–Crippen LogP) is 6.00. The summed E-state index contributed by atoms with van der Waals surface area (Å²) in [5.41, 5.74) is 3.05. The molecule has 0 atom stereocenters. The first kappa shape index (κ1) is 25.2. The molecule has 1 heterocycles. The van der Waals surface area contributed by atoms with Crippen LogP contribution >= 0.6 is 0 Å². The quantitative estimate of drug-likeness (QED) is 0.223. The monoisotopic (exact) mass is 506 g/mol. The number of hydrogen-bond acceptors (Lipinski definition) is 4. The van der Waals surface area contributed by atoms with Crippen molar-refractivity contribution >= 4 is 32.6 Å². The van der Waals surface area contributed by atoms with Crippen LogP contribution in [0.25, 0.3) is 33.4 Å². The van der Waals surface area contributed by atoms with Gasteiger partial charge in [-0.3, -0.25) is 9.10 Å². The van der Waals surface area contributed by atoms with Crippen molar-refractivity contribution in [2.75, 3.05) is 24.2 Å². The fourth-order valence-corrected chi connectivity index (χ4v) is 5.16. The Morgan fingerprint density at radius 1 is 1.08 bits per heavy atom. The van der Waals surface area contributed by atoms with E-state index in [-0.39, 0.29) is 18.2 Å². The number of anilines is 1. The molecular formula is C28H27FN2O4S. The lowest BCUT2D eigenvalue weighted by molar-refractivity contribution is 0.0964. The van der Waals surface area contributed by atoms with Crippen LogP contribution in [-0.2, 0) is 10.0 Å². The molecule has 0 unspecified atom stereocenters. The van der Waals surface area contributed by atoms with Crippen molar-refractivity contribution in [3.63, 3.8) is 0 Å². The first-order valence-corrected chi connectivity index (χ1v) is 13.3. The van der Waals surface area contributed by atoms with E-state index in [2.05, 4.69) is 11.9 Å². The average Bonchev–Trinajstić information content (AvgIpc) is 3.24. The maximum atomic E-state index is 13.6. The summed E-state index contributed by atoms with van der Waals surface area (Å²) in [6, 6.07) is 18.5. The summed E-state index contributed by atoms with van der Waals surface area (Å²) in [6.45, 7) is 3.98. The van der Waals surface area contributed by atoms with Crippen LogP contribution in [0.5, 0.6) is 0 Å². The lowest BCUT2D eigenvalue weighted by atomic mass is 9.98. The number of furan rings is 1. The molecule has 8 heteroatoms. The van der Waals surface area contributed by atoms with Gasteiger partial charge in [0.1, 0.15) is 17.2 Å². The maximum absolute atomic E-state index is 13.6. The van der Waals surface area contributed by atoms with Crippen LogP contribution in [0.2, 0.25) is 0 Å². The lowest BCUT2D eigenvalue weighted by Crippen LogP contribution is -2.31. The highest BCUT2D eigenvalue weighted by Gasteiger charge is 2.27. The van der Waals surface area contributed by atoms with E-state index in [1.165, 1.54) is 41.9 Å². The number of amides is 1. The average molecular weight is 507 g/mol. The highest BCUT2D eigenvalue weighted by Crippen LogP contribution is 2.41. The van der Waals surface area contributed by atoms with Crippen molar-refractivity contribution in [2.45, 2.75) is 12.8 Å². The number of nitrogens with zero attached hydrogens (tertiary/aromatic N) is 1. The number of allylic oxidation sites excluding steroid dienone is 1. The molecule has 0 saturated carbocycles. The number of rotatable bonds is 9. The number of hydrogen-bond donors (Lipinski definition) is 1. The standard InChI is InChI=1S/C28H27FN2O4S/c1-4-5-9-16-31(36(3,33)34)24-18-25-23(17-22(24)19-10-7-6-8-11-19)26(28(32)30-2)27(35-25)20-12-14-21(29)15-13-20/h4,6-8,10-15,17-18H,1,5,9,16H2,2-3H3,(H,30,32). The van der Waals surface area contributed by atoms with Crippen LogP contribution in [0.3, 0.4) is 0 Å². The zero-order valence-electron chi connectivity index (χ0n) is 20.1. The minimum absolute atomic E-state index is 0.254. The second-order valence-electron chi connectivity index (χ2n) is 8.39. The third-order valence-electron chi connectivity index (χ3n) is 5.89. The molecule has 0 aliphatic rings. The summed E-state index contributed by atoms with van der Waals surface area (Å²) in [7, 11) is -2.12. The molecule has 6 nitrogen and oxygen atoms in total. The van der Waals surface area contributed by atoms with Gasteiger partial charge in [0, 0.05) is 36.2 Å². The summed E-state index contributed by atoms with van der Waals surface area (Å²) in [4.78, 5) is 13.0. The van der Waals surface area contributed by atoms with E-state index in [9.17, 15) is 17.6 Å². The Bertz CT molecular complexity index is 1510. The lowest BCUT2D eigenvalue weighted by Gasteiger charge is -2.25. The first-order chi connectivity index (χ1) is 17.2. The van der Waals surface area contributed by atoms with Gasteiger partial charge >= 0.3 is 0 Å². The summed E-state index contributed by atoms with van der Waals surface area (Å²) >= 11 is 0. The SMILES string of the molecule is C=CCCCN(c1cc2oc(-c3ccc(F)cc3)c(C(=O)NC)c2cc1-c1ccccc1)S(C)(=O)=O. The molecule has 3 aromatic carbocycles. The molecule has 1 amide bonds. The number of benzene rings is 3. The van der Waals surface area contributed by atoms with Gasteiger partial charge < -0.3 is 9.73 Å². The first-order valence-electron chi connectivity index (χ1n) is 11.5. The molecule has 0 saturated heterocycles. The fraction of sp³-hybridized carbons (Fsp3) is 0.179. The smallest absolute Gasteiger partial charge is 0.255 e. The molecule has 0 spiro atoms. The minimum Gasteiger partial charge on any atom is -0.455 e. The molecule has 0 bridgehead atoms. The Morgan fingerprint density at radius 3 is 2.39 bits per heavy atom. The predicted molar refractivity (Wildman–Crippen MR) is 142 cm³/mol. The van der Waals surface area contributed by atoms with Gasteiger partial charge in [0.2, 0.25) is 10.0 Å². The van der Waals surface area contributed by atoms with E-state index in [1.54, 1.807) is 18.2 Å².